The van der Waals surface area contributed by atoms with Crippen molar-refractivity contribution in [3.8, 4) is 6.07 Å². The van der Waals surface area contributed by atoms with Crippen LogP contribution in [0.1, 0.15) is 42.5 Å². The molecule has 35 heavy (non-hydrogen) atoms. The van der Waals surface area contributed by atoms with Crippen molar-refractivity contribution < 1.29 is 12.8 Å². The fraction of sp³-hybridized carbons (Fsp3) is 0.522. The van der Waals surface area contributed by atoms with Crippen molar-refractivity contribution in [1.29, 1.82) is 5.26 Å². The molecule has 2 aliphatic heterocycles. The van der Waals surface area contributed by atoms with Crippen molar-refractivity contribution in [3.05, 3.63) is 46.8 Å². The van der Waals surface area contributed by atoms with E-state index in [0.717, 1.165) is 24.0 Å². The second-order valence-corrected chi connectivity index (χ2v) is 11.9. The standard InChI is InChI=1S/C23H29FN8O2S/c1-15-9-18-20(13-29(15)7-8-35(33,34)28(3)4)27-31-16(2)12-30(14-22(18)31)21-6-5-17(10-25)32-23(21)19(24)11-26-32/h5-6,11,15-16H,7-9,12-14H2,1-4H3/t15-,16+/m0/s1. The van der Waals surface area contributed by atoms with Gasteiger partial charge in [0.2, 0.25) is 10.0 Å². The summed E-state index contributed by atoms with van der Waals surface area (Å²) >= 11 is 0. The smallest absolute Gasteiger partial charge is 0.214 e. The highest BCUT2D eigenvalue weighted by Gasteiger charge is 2.34. The number of nitrogens with zero attached hydrogens (tertiary/aromatic N) is 8. The molecule has 5 rings (SSSR count). The van der Waals surface area contributed by atoms with Gasteiger partial charge < -0.3 is 4.90 Å². The number of pyridine rings is 1. The topological polar surface area (TPSA) is 103 Å². The third-order valence-electron chi connectivity index (χ3n) is 7.16. The summed E-state index contributed by atoms with van der Waals surface area (Å²) in [5, 5.41) is 18.4. The molecule has 0 radical (unpaired) electrons. The highest BCUT2D eigenvalue weighted by atomic mass is 32.2. The maximum atomic E-state index is 14.7. The lowest BCUT2D eigenvalue weighted by Gasteiger charge is -2.36. The Labute approximate surface area is 204 Å². The lowest BCUT2D eigenvalue weighted by molar-refractivity contribution is 0.192. The zero-order valence-electron chi connectivity index (χ0n) is 20.3. The Kier molecular flexibility index (Phi) is 5.82. The van der Waals surface area contributed by atoms with Gasteiger partial charge in [-0.3, -0.25) is 9.58 Å². The zero-order chi connectivity index (χ0) is 25.1. The molecule has 0 saturated carbocycles. The van der Waals surface area contributed by atoms with Crippen LogP contribution in [-0.4, -0.2) is 76.0 Å². The molecular formula is C23H29FN8O2S. The Morgan fingerprint density at radius 3 is 2.71 bits per heavy atom. The van der Waals surface area contributed by atoms with Crippen LogP contribution >= 0.6 is 0 Å². The summed E-state index contributed by atoms with van der Waals surface area (Å²) in [4.78, 5) is 4.31. The number of anilines is 1. The van der Waals surface area contributed by atoms with Crippen molar-refractivity contribution in [3.63, 3.8) is 0 Å². The molecule has 0 amide bonds. The maximum Gasteiger partial charge on any atom is 0.214 e. The van der Waals surface area contributed by atoms with Crippen LogP contribution in [0.4, 0.5) is 10.1 Å². The van der Waals surface area contributed by atoms with Crippen molar-refractivity contribution >= 4 is 21.2 Å². The molecule has 0 fully saturated rings. The molecule has 0 aliphatic carbocycles. The molecule has 2 aliphatic rings. The molecule has 0 aromatic carbocycles. The molecule has 0 saturated heterocycles. The highest BCUT2D eigenvalue weighted by molar-refractivity contribution is 7.89. The lowest BCUT2D eigenvalue weighted by atomic mass is 9.97. The first kappa shape index (κ1) is 23.7. The van der Waals surface area contributed by atoms with Gasteiger partial charge in [0.25, 0.3) is 0 Å². The Hall–Kier alpha value is -3.01. The number of aromatic nitrogens is 4. The van der Waals surface area contributed by atoms with Gasteiger partial charge in [-0.05, 0) is 32.4 Å². The molecule has 5 heterocycles. The van der Waals surface area contributed by atoms with Crippen LogP contribution in [-0.2, 0) is 29.5 Å². The SMILES string of the molecule is C[C@@H]1CN(c2ccc(C#N)n3ncc(F)c23)Cc2c3c(nn21)CN(CCS(=O)(=O)N(C)C)[C@@H](C)C3. The average Bonchev–Trinajstić information content (AvgIpc) is 3.38. The summed E-state index contributed by atoms with van der Waals surface area (Å²) in [5.41, 5.74) is 4.57. The first-order valence-electron chi connectivity index (χ1n) is 11.7. The van der Waals surface area contributed by atoms with Crippen molar-refractivity contribution in [1.82, 2.24) is 28.6 Å². The summed E-state index contributed by atoms with van der Waals surface area (Å²) in [7, 11) is -0.154. The Balaban J connectivity index is 1.44. The number of halogens is 1. The Morgan fingerprint density at radius 1 is 1.23 bits per heavy atom. The summed E-state index contributed by atoms with van der Waals surface area (Å²) in [6, 6.07) is 5.76. The first-order valence-corrected chi connectivity index (χ1v) is 13.3. The fourth-order valence-corrected chi connectivity index (χ4v) is 5.98. The molecule has 10 nitrogen and oxygen atoms in total. The quantitative estimate of drug-likeness (QED) is 0.526. The molecular weight excluding hydrogens is 471 g/mol. The second-order valence-electron chi connectivity index (χ2n) is 9.64. The van der Waals surface area contributed by atoms with E-state index in [9.17, 15) is 18.1 Å². The third kappa shape index (κ3) is 3.97. The van der Waals surface area contributed by atoms with Crippen molar-refractivity contribution in [2.75, 3.05) is 37.8 Å². The predicted octanol–water partition coefficient (Wildman–Crippen LogP) is 1.76. The van der Waals surface area contributed by atoms with E-state index in [1.165, 1.54) is 14.4 Å². The minimum absolute atomic E-state index is 0.0592. The molecule has 186 valence electrons. The number of hydrogen-bond donors (Lipinski definition) is 0. The van der Waals surface area contributed by atoms with Crippen LogP contribution < -0.4 is 4.90 Å². The van der Waals surface area contributed by atoms with Gasteiger partial charge in [0.05, 0.1) is 41.6 Å². The van der Waals surface area contributed by atoms with E-state index in [-0.39, 0.29) is 23.5 Å². The first-order chi connectivity index (χ1) is 16.6. The van der Waals surface area contributed by atoms with Crippen LogP contribution in [0.25, 0.3) is 5.52 Å². The zero-order valence-corrected chi connectivity index (χ0v) is 21.1. The van der Waals surface area contributed by atoms with Crippen LogP contribution in [0.2, 0.25) is 0 Å². The lowest BCUT2D eigenvalue weighted by Crippen LogP contribution is -2.42. The van der Waals surface area contributed by atoms with Gasteiger partial charge in [-0.2, -0.15) is 15.5 Å². The van der Waals surface area contributed by atoms with Gasteiger partial charge in [-0.1, -0.05) is 0 Å². The third-order valence-corrected chi connectivity index (χ3v) is 8.97. The minimum atomic E-state index is -3.27. The number of rotatable bonds is 5. The highest BCUT2D eigenvalue weighted by Crippen LogP contribution is 2.35. The summed E-state index contributed by atoms with van der Waals surface area (Å²) < 4.78 is 43.9. The van der Waals surface area contributed by atoms with E-state index in [2.05, 4.69) is 39.5 Å². The molecule has 0 spiro atoms. The number of fused-ring (bicyclic) bond motifs is 4. The van der Waals surface area contributed by atoms with E-state index >= 15 is 0 Å². The van der Waals surface area contributed by atoms with E-state index in [1.54, 1.807) is 26.2 Å². The summed E-state index contributed by atoms with van der Waals surface area (Å²) in [5.74, 6) is -0.383. The molecule has 3 aromatic rings. The van der Waals surface area contributed by atoms with Gasteiger partial charge in [0.1, 0.15) is 17.3 Å². The molecule has 12 heteroatoms. The average molecular weight is 501 g/mol. The van der Waals surface area contributed by atoms with Gasteiger partial charge in [-0.15, -0.1) is 0 Å². The monoisotopic (exact) mass is 500 g/mol. The Morgan fingerprint density at radius 2 is 2.00 bits per heavy atom. The van der Waals surface area contributed by atoms with E-state index in [4.69, 9.17) is 5.10 Å². The van der Waals surface area contributed by atoms with Crippen molar-refractivity contribution in [2.45, 2.75) is 45.4 Å². The normalized spacial score (nSPS) is 20.8. The molecule has 2 atom stereocenters. The molecule has 0 unspecified atom stereocenters. The van der Waals surface area contributed by atoms with E-state index < -0.39 is 15.8 Å². The van der Waals surface area contributed by atoms with Gasteiger partial charge in [-0.25, -0.2) is 21.6 Å². The largest absolute Gasteiger partial charge is 0.362 e. The van der Waals surface area contributed by atoms with Crippen LogP contribution in [0, 0.1) is 17.1 Å². The van der Waals surface area contributed by atoms with Crippen LogP contribution in [0.5, 0.6) is 0 Å². The van der Waals surface area contributed by atoms with E-state index in [1.807, 2.05) is 0 Å². The number of sulfonamides is 1. The van der Waals surface area contributed by atoms with E-state index in [0.29, 0.717) is 37.4 Å². The Bertz CT molecular complexity index is 1440. The van der Waals surface area contributed by atoms with Gasteiger partial charge >= 0.3 is 0 Å². The van der Waals surface area contributed by atoms with Gasteiger partial charge in [0, 0.05) is 45.3 Å². The van der Waals surface area contributed by atoms with Gasteiger partial charge in [0.15, 0.2) is 5.82 Å². The van der Waals surface area contributed by atoms with Crippen LogP contribution in [0.15, 0.2) is 18.3 Å². The second kappa shape index (κ2) is 8.58. The molecule has 0 bridgehead atoms. The maximum absolute atomic E-state index is 14.7. The number of hydrogen-bond acceptors (Lipinski definition) is 7. The minimum Gasteiger partial charge on any atom is -0.362 e. The predicted molar refractivity (Wildman–Crippen MR) is 129 cm³/mol. The summed E-state index contributed by atoms with van der Waals surface area (Å²) in [6.45, 7) is 6.47. The molecule has 3 aromatic heterocycles. The number of nitriles is 1. The fourth-order valence-electron chi connectivity index (χ4n) is 5.15. The molecule has 0 N–H and O–H groups in total. The summed E-state index contributed by atoms with van der Waals surface area (Å²) in [6.07, 6.45) is 1.92. The van der Waals surface area contributed by atoms with Crippen molar-refractivity contribution in [2.24, 2.45) is 0 Å². The van der Waals surface area contributed by atoms with Crippen LogP contribution in [0.3, 0.4) is 0 Å².